The lowest BCUT2D eigenvalue weighted by Crippen LogP contribution is -2.36. The Hall–Kier alpha value is -1.92. The van der Waals surface area contributed by atoms with Crippen molar-refractivity contribution in [3.8, 4) is 17.1 Å². The number of ether oxygens (including phenoxy) is 1. The van der Waals surface area contributed by atoms with Gasteiger partial charge in [0.25, 0.3) is 0 Å². The molecule has 2 heterocycles. The molecule has 0 spiro atoms. The van der Waals surface area contributed by atoms with Crippen molar-refractivity contribution in [2.45, 2.75) is 39.3 Å². The van der Waals surface area contributed by atoms with Gasteiger partial charge >= 0.3 is 0 Å². The molecule has 1 saturated heterocycles. The molecule has 1 atom stereocenters. The topological polar surface area (TPSA) is 71.6 Å². The van der Waals surface area contributed by atoms with Crippen LogP contribution in [0.15, 0.2) is 28.8 Å². The second kappa shape index (κ2) is 7.77. The summed E-state index contributed by atoms with van der Waals surface area (Å²) in [6, 6.07) is 7.70. The predicted molar refractivity (Wildman–Crippen MR) is 90.6 cm³/mol. The van der Waals surface area contributed by atoms with Crippen molar-refractivity contribution in [2.24, 2.45) is 5.92 Å². The third kappa shape index (κ3) is 4.13. The van der Waals surface area contributed by atoms with Gasteiger partial charge in [-0.3, -0.25) is 4.90 Å². The van der Waals surface area contributed by atoms with Gasteiger partial charge in [-0.1, -0.05) is 5.16 Å². The summed E-state index contributed by atoms with van der Waals surface area (Å²) in [5.41, 5.74) is 0.918. The van der Waals surface area contributed by atoms with Crippen LogP contribution in [0.1, 0.15) is 32.6 Å². The molecule has 3 rings (SSSR count). The van der Waals surface area contributed by atoms with Crippen LogP contribution in [0.4, 0.5) is 0 Å². The number of rotatable bonds is 6. The van der Waals surface area contributed by atoms with Crippen LogP contribution in [0.25, 0.3) is 11.4 Å². The fourth-order valence-corrected chi connectivity index (χ4v) is 3.09. The van der Waals surface area contributed by atoms with Gasteiger partial charge in [0.1, 0.15) is 5.75 Å². The molecule has 6 nitrogen and oxygen atoms in total. The first-order valence-electron chi connectivity index (χ1n) is 8.62. The predicted octanol–water partition coefficient (Wildman–Crippen LogP) is 2.73. The first kappa shape index (κ1) is 16.9. The first-order chi connectivity index (χ1) is 11.7. The number of aliphatic hydroxyl groups is 1. The smallest absolute Gasteiger partial charge is 0.241 e. The molecule has 0 amide bonds. The molecule has 1 aliphatic rings. The van der Waals surface area contributed by atoms with Gasteiger partial charge in [0.05, 0.1) is 19.3 Å². The van der Waals surface area contributed by atoms with E-state index in [1.165, 1.54) is 0 Å². The van der Waals surface area contributed by atoms with Gasteiger partial charge in [-0.2, -0.15) is 4.98 Å². The van der Waals surface area contributed by atoms with Crippen molar-refractivity contribution in [2.75, 3.05) is 19.7 Å². The molecule has 1 aromatic heterocycles. The van der Waals surface area contributed by atoms with E-state index >= 15 is 0 Å². The Kier molecular flexibility index (Phi) is 5.48. The largest absolute Gasteiger partial charge is 0.494 e. The lowest BCUT2D eigenvalue weighted by atomic mass is 9.92. The molecular formula is C18H25N3O3. The highest BCUT2D eigenvalue weighted by Gasteiger charge is 2.23. The molecule has 1 aromatic carbocycles. The second-order valence-electron chi connectivity index (χ2n) is 6.32. The van der Waals surface area contributed by atoms with E-state index in [1.807, 2.05) is 38.1 Å². The molecule has 0 saturated carbocycles. The molecule has 1 N–H and O–H groups in total. The zero-order valence-electron chi connectivity index (χ0n) is 14.3. The van der Waals surface area contributed by atoms with Crippen LogP contribution in [0.5, 0.6) is 5.75 Å². The number of piperidine rings is 1. The van der Waals surface area contributed by atoms with E-state index in [1.54, 1.807) is 0 Å². The van der Waals surface area contributed by atoms with Gasteiger partial charge in [0, 0.05) is 5.56 Å². The van der Waals surface area contributed by atoms with Gasteiger partial charge in [0.15, 0.2) is 0 Å². The van der Waals surface area contributed by atoms with Crippen LogP contribution in [0.3, 0.4) is 0 Å². The monoisotopic (exact) mass is 331 g/mol. The number of benzene rings is 1. The number of hydrogen-bond acceptors (Lipinski definition) is 6. The van der Waals surface area contributed by atoms with Crippen LogP contribution in [0, 0.1) is 5.92 Å². The summed E-state index contributed by atoms with van der Waals surface area (Å²) in [4.78, 5) is 6.79. The van der Waals surface area contributed by atoms with Crippen molar-refractivity contribution in [1.29, 1.82) is 0 Å². The van der Waals surface area contributed by atoms with E-state index in [0.29, 0.717) is 30.8 Å². The number of nitrogens with zero attached hydrogens (tertiary/aromatic N) is 3. The molecule has 6 heteroatoms. The summed E-state index contributed by atoms with van der Waals surface area (Å²) in [5.74, 6) is 2.48. The van der Waals surface area contributed by atoms with E-state index in [2.05, 4.69) is 15.0 Å². The molecule has 0 radical (unpaired) electrons. The Morgan fingerprint density at radius 3 is 2.62 bits per heavy atom. The van der Waals surface area contributed by atoms with E-state index in [9.17, 15) is 5.11 Å². The highest BCUT2D eigenvalue weighted by Crippen LogP contribution is 2.23. The summed E-state index contributed by atoms with van der Waals surface area (Å²) >= 11 is 0. The van der Waals surface area contributed by atoms with E-state index < -0.39 is 0 Å². The normalized spacial score (nSPS) is 17.8. The highest BCUT2D eigenvalue weighted by molar-refractivity contribution is 5.55. The third-order valence-corrected chi connectivity index (χ3v) is 4.56. The summed E-state index contributed by atoms with van der Waals surface area (Å²) < 4.78 is 10.8. The molecular weight excluding hydrogens is 306 g/mol. The summed E-state index contributed by atoms with van der Waals surface area (Å²) in [5, 5.41) is 13.7. The second-order valence-corrected chi connectivity index (χ2v) is 6.32. The Labute approximate surface area is 142 Å². The van der Waals surface area contributed by atoms with Gasteiger partial charge in [-0.05, 0) is 70.0 Å². The number of hydrogen-bond donors (Lipinski definition) is 1. The maximum Gasteiger partial charge on any atom is 0.241 e. The van der Waals surface area contributed by atoms with Crippen LogP contribution in [-0.4, -0.2) is 45.9 Å². The fraction of sp³-hybridized carbons (Fsp3) is 0.556. The Balaban J connectivity index is 1.58. The SMILES string of the molecule is CCOc1ccc(-c2noc(CN3CCC(C(C)O)CC3)n2)cc1. The Morgan fingerprint density at radius 1 is 1.29 bits per heavy atom. The minimum atomic E-state index is -0.221. The zero-order valence-corrected chi connectivity index (χ0v) is 14.3. The zero-order chi connectivity index (χ0) is 16.9. The molecule has 1 unspecified atom stereocenters. The van der Waals surface area contributed by atoms with Gasteiger partial charge in [-0.15, -0.1) is 0 Å². The number of likely N-dealkylation sites (tertiary alicyclic amines) is 1. The maximum atomic E-state index is 9.67. The third-order valence-electron chi connectivity index (χ3n) is 4.56. The molecule has 130 valence electrons. The molecule has 1 aliphatic heterocycles. The van der Waals surface area contributed by atoms with Crippen molar-refractivity contribution >= 4 is 0 Å². The van der Waals surface area contributed by atoms with Crippen molar-refractivity contribution in [3.63, 3.8) is 0 Å². The summed E-state index contributed by atoms with van der Waals surface area (Å²) in [6.45, 7) is 7.06. The lowest BCUT2D eigenvalue weighted by molar-refractivity contribution is 0.0660. The van der Waals surface area contributed by atoms with Gasteiger partial charge in [-0.25, -0.2) is 0 Å². The Morgan fingerprint density at radius 2 is 2.00 bits per heavy atom. The standard InChI is InChI=1S/C18H25N3O3/c1-3-23-16-6-4-15(5-7-16)18-19-17(24-20-18)12-21-10-8-14(9-11-21)13(2)22/h4-7,13-14,22H,3,8-12H2,1-2H3. The minimum Gasteiger partial charge on any atom is -0.494 e. The summed E-state index contributed by atoms with van der Waals surface area (Å²) in [6.07, 6.45) is 1.80. The molecule has 24 heavy (non-hydrogen) atoms. The van der Waals surface area contributed by atoms with E-state index in [4.69, 9.17) is 9.26 Å². The average Bonchev–Trinajstić information content (AvgIpc) is 3.05. The number of aliphatic hydroxyl groups excluding tert-OH is 1. The average molecular weight is 331 g/mol. The molecule has 0 aliphatic carbocycles. The van der Waals surface area contributed by atoms with Crippen molar-refractivity contribution in [1.82, 2.24) is 15.0 Å². The first-order valence-corrected chi connectivity index (χ1v) is 8.62. The van der Waals surface area contributed by atoms with Crippen LogP contribution in [-0.2, 0) is 6.54 Å². The number of aromatic nitrogens is 2. The fourth-order valence-electron chi connectivity index (χ4n) is 3.09. The minimum absolute atomic E-state index is 0.221. The Bertz CT molecular complexity index is 631. The van der Waals surface area contributed by atoms with E-state index in [0.717, 1.165) is 37.2 Å². The quantitative estimate of drug-likeness (QED) is 0.877. The maximum absolute atomic E-state index is 9.67. The summed E-state index contributed by atoms with van der Waals surface area (Å²) in [7, 11) is 0. The van der Waals surface area contributed by atoms with Crippen molar-refractivity contribution in [3.05, 3.63) is 30.2 Å². The van der Waals surface area contributed by atoms with Gasteiger partial charge < -0.3 is 14.4 Å². The van der Waals surface area contributed by atoms with Crippen LogP contribution >= 0.6 is 0 Å². The van der Waals surface area contributed by atoms with E-state index in [-0.39, 0.29) is 6.10 Å². The van der Waals surface area contributed by atoms with Crippen molar-refractivity contribution < 1.29 is 14.4 Å². The van der Waals surface area contributed by atoms with Crippen LogP contribution in [0.2, 0.25) is 0 Å². The highest BCUT2D eigenvalue weighted by atomic mass is 16.5. The van der Waals surface area contributed by atoms with Crippen LogP contribution < -0.4 is 4.74 Å². The van der Waals surface area contributed by atoms with Gasteiger partial charge in [0.2, 0.25) is 11.7 Å². The molecule has 1 fully saturated rings. The lowest BCUT2D eigenvalue weighted by Gasteiger charge is -2.32. The molecule has 2 aromatic rings. The molecule has 0 bridgehead atoms.